The van der Waals surface area contributed by atoms with Crippen molar-refractivity contribution in [3.8, 4) is 16.9 Å². The molecule has 0 unspecified atom stereocenters. The van der Waals surface area contributed by atoms with E-state index in [0.29, 0.717) is 5.92 Å². The Balaban J connectivity index is 1.57. The third kappa shape index (κ3) is 3.42. The lowest BCUT2D eigenvalue weighted by atomic mass is 9.58. The number of hydrogen-bond acceptors (Lipinski definition) is 3. The van der Waals surface area contributed by atoms with Gasteiger partial charge in [0, 0.05) is 29.5 Å². The first-order valence-corrected chi connectivity index (χ1v) is 12.5. The molecule has 34 heavy (non-hydrogen) atoms. The van der Waals surface area contributed by atoms with E-state index in [1.165, 1.54) is 33.3 Å². The maximum atomic E-state index is 5.64. The van der Waals surface area contributed by atoms with Gasteiger partial charge in [-0.05, 0) is 72.3 Å². The van der Waals surface area contributed by atoms with E-state index >= 15 is 0 Å². The molecule has 2 atom stereocenters. The van der Waals surface area contributed by atoms with Crippen LogP contribution in [0.25, 0.3) is 22.0 Å². The molecular weight excluding hydrogens is 416 g/mol. The minimum Gasteiger partial charge on any atom is -0.497 e. The quantitative estimate of drug-likeness (QED) is 0.367. The van der Waals surface area contributed by atoms with Crippen LogP contribution in [0.1, 0.15) is 30.2 Å². The SMILES string of the molecule is CCN1CC[C@]2(c3cccc(OC)c3)Cc3nc4ccccc4c(-c4ccccc4)c3C[C@H]2C1. The highest BCUT2D eigenvalue weighted by Crippen LogP contribution is 2.50. The molecule has 0 spiro atoms. The number of para-hydroxylation sites is 1. The van der Waals surface area contributed by atoms with Gasteiger partial charge in [-0.25, -0.2) is 0 Å². The molecule has 3 aromatic carbocycles. The number of hydrogen-bond donors (Lipinski definition) is 0. The molecular formula is C31H32N2O. The summed E-state index contributed by atoms with van der Waals surface area (Å²) in [5.41, 5.74) is 8.02. The summed E-state index contributed by atoms with van der Waals surface area (Å²) < 4.78 is 5.64. The lowest BCUT2D eigenvalue weighted by Crippen LogP contribution is -2.54. The van der Waals surface area contributed by atoms with Gasteiger partial charge in [-0.3, -0.25) is 4.98 Å². The zero-order valence-corrected chi connectivity index (χ0v) is 20.1. The Hall–Kier alpha value is -3.17. The predicted molar refractivity (Wildman–Crippen MR) is 139 cm³/mol. The molecule has 0 amide bonds. The van der Waals surface area contributed by atoms with E-state index in [1.807, 2.05) is 0 Å². The number of pyridine rings is 1. The summed E-state index contributed by atoms with van der Waals surface area (Å²) in [5.74, 6) is 1.50. The summed E-state index contributed by atoms with van der Waals surface area (Å²) in [5, 5.41) is 1.27. The first-order chi connectivity index (χ1) is 16.7. The number of methoxy groups -OCH3 is 1. The van der Waals surface area contributed by atoms with Crippen LogP contribution in [0, 0.1) is 5.92 Å². The third-order valence-electron chi connectivity index (χ3n) is 8.30. The number of rotatable bonds is 4. The highest BCUT2D eigenvalue weighted by atomic mass is 16.5. The number of aromatic nitrogens is 1. The van der Waals surface area contributed by atoms with Crippen molar-refractivity contribution in [1.82, 2.24) is 9.88 Å². The van der Waals surface area contributed by atoms with Crippen molar-refractivity contribution in [2.75, 3.05) is 26.7 Å². The summed E-state index contributed by atoms with van der Waals surface area (Å²) in [4.78, 5) is 7.93. The molecule has 0 bridgehead atoms. The number of ether oxygens (including phenoxy) is 1. The summed E-state index contributed by atoms with van der Waals surface area (Å²) in [7, 11) is 1.77. The first-order valence-electron chi connectivity index (χ1n) is 12.5. The number of piperidine rings is 1. The Morgan fingerprint density at radius 3 is 2.65 bits per heavy atom. The maximum absolute atomic E-state index is 5.64. The Kier molecular flexibility index (Phi) is 5.38. The van der Waals surface area contributed by atoms with Gasteiger partial charge in [0.1, 0.15) is 5.75 Å². The fraction of sp³-hybridized carbons (Fsp3) is 0.323. The van der Waals surface area contributed by atoms with Crippen molar-refractivity contribution >= 4 is 10.9 Å². The smallest absolute Gasteiger partial charge is 0.119 e. The van der Waals surface area contributed by atoms with Crippen LogP contribution in [0.2, 0.25) is 0 Å². The second-order valence-corrected chi connectivity index (χ2v) is 9.90. The van der Waals surface area contributed by atoms with E-state index in [9.17, 15) is 0 Å². The van der Waals surface area contributed by atoms with E-state index in [1.54, 1.807) is 7.11 Å². The number of likely N-dealkylation sites (tertiary alicyclic amines) is 1. The Morgan fingerprint density at radius 2 is 1.82 bits per heavy atom. The minimum atomic E-state index is 0.0939. The van der Waals surface area contributed by atoms with Crippen LogP contribution in [-0.2, 0) is 18.3 Å². The van der Waals surface area contributed by atoms with Crippen molar-refractivity contribution in [3.63, 3.8) is 0 Å². The highest BCUT2D eigenvalue weighted by Gasteiger charge is 2.48. The summed E-state index contributed by atoms with van der Waals surface area (Å²) >= 11 is 0. The van der Waals surface area contributed by atoms with Gasteiger partial charge in [0.2, 0.25) is 0 Å². The minimum absolute atomic E-state index is 0.0939. The zero-order chi connectivity index (χ0) is 23.1. The molecule has 0 N–H and O–H groups in total. The van der Waals surface area contributed by atoms with Gasteiger partial charge in [0.25, 0.3) is 0 Å². The average molecular weight is 449 g/mol. The van der Waals surface area contributed by atoms with Crippen molar-refractivity contribution in [2.24, 2.45) is 5.92 Å². The van der Waals surface area contributed by atoms with Crippen molar-refractivity contribution in [1.29, 1.82) is 0 Å². The van der Waals surface area contributed by atoms with Gasteiger partial charge in [-0.1, -0.05) is 67.6 Å². The van der Waals surface area contributed by atoms with E-state index < -0.39 is 0 Å². The van der Waals surface area contributed by atoms with Crippen molar-refractivity contribution in [3.05, 3.63) is 95.7 Å². The van der Waals surface area contributed by atoms with Gasteiger partial charge < -0.3 is 9.64 Å². The molecule has 3 heteroatoms. The fourth-order valence-corrected chi connectivity index (χ4v) is 6.48. The lowest BCUT2D eigenvalue weighted by Gasteiger charge is -2.51. The van der Waals surface area contributed by atoms with Crippen LogP contribution >= 0.6 is 0 Å². The molecule has 1 fully saturated rings. The van der Waals surface area contributed by atoms with Gasteiger partial charge in [0.05, 0.1) is 12.6 Å². The molecule has 1 aliphatic heterocycles. The van der Waals surface area contributed by atoms with Crippen LogP contribution in [0.15, 0.2) is 78.9 Å². The Morgan fingerprint density at radius 1 is 1.00 bits per heavy atom. The normalized spacial score (nSPS) is 22.2. The van der Waals surface area contributed by atoms with Gasteiger partial charge in [0.15, 0.2) is 0 Å². The molecule has 0 radical (unpaired) electrons. The van der Waals surface area contributed by atoms with E-state index in [4.69, 9.17) is 9.72 Å². The average Bonchev–Trinajstić information content (AvgIpc) is 2.90. The predicted octanol–water partition coefficient (Wildman–Crippen LogP) is 6.29. The second kappa shape index (κ2) is 8.56. The first kappa shape index (κ1) is 21.4. The second-order valence-electron chi connectivity index (χ2n) is 9.90. The molecule has 0 saturated carbocycles. The molecule has 6 rings (SSSR count). The monoisotopic (exact) mass is 448 g/mol. The number of benzene rings is 3. The Bertz CT molecular complexity index is 1330. The van der Waals surface area contributed by atoms with Crippen molar-refractivity contribution < 1.29 is 4.74 Å². The van der Waals surface area contributed by atoms with Gasteiger partial charge in [-0.2, -0.15) is 0 Å². The van der Waals surface area contributed by atoms with Crippen molar-refractivity contribution in [2.45, 2.75) is 31.6 Å². The number of fused-ring (bicyclic) bond motifs is 3. The van der Waals surface area contributed by atoms with E-state index in [-0.39, 0.29) is 5.41 Å². The number of nitrogens with zero attached hydrogens (tertiary/aromatic N) is 2. The highest BCUT2D eigenvalue weighted by molar-refractivity contribution is 5.96. The maximum Gasteiger partial charge on any atom is 0.119 e. The molecule has 172 valence electrons. The molecule has 2 heterocycles. The van der Waals surface area contributed by atoms with Gasteiger partial charge >= 0.3 is 0 Å². The molecule has 1 saturated heterocycles. The Labute approximate surface area is 202 Å². The van der Waals surface area contributed by atoms with Crippen LogP contribution in [0.5, 0.6) is 5.75 Å². The summed E-state index contributed by atoms with van der Waals surface area (Å²) in [6.45, 7) is 5.67. The summed E-state index contributed by atoms with van der Waals surface area (Å²) in [6.07, 6.45) is 3.21. The fourth-order valence-electron chi connectivity index (χ4n) is 6.48. The van der Waals surface area contributed by atoms with Crippen LogP contribution < -0.4 is 4.74 Å². The lowest BCUT2D eigenvalue weighted by molar-refractivity contribution is 0.0848. The standard InChI is InChI=1S/C31H32N2O/c1-3-33-17-16-31(23-12-9-13-25(18-23)34-2)20-29-27(19-24(31)21-33)30(22-10-5-4-6-11-22)26-14-7-8-15-28(26)32-29/h4-15,18,24H,3,16-17,19-21H2,1-2H3/t24-,31+/m0/s1. The molecule has 1 aliphatic carbocycles. The van der Waals surface area contributed by atoms with Crippen LogP contribution in [-0.4, -0.2) is 36.6 Å². The molecule has 2 aliphatic rings. The topological polar surface area (TPSA) is 25.4 Å². The van der Waals surface area contributed by atoms with E-state index in [2.05, 4.69) is 90.7 Å². The van der Waals surface area contributed by atoms with E-state index in [0.717, 1.165) is 50.2 Å². The molecule has 1 aromatic heterocycles. The third-order valence-corrected chi connectivity index (χ3v) is 8.30. The van der Waals surface area contributed by atoms with Crippen LogP contribution in [0.3, 0.4) is 0 Å². The molecule has 3 nitrogen and oxygen atoms in total. The summed E-state index contributed by atoms with van der Waals surface area (Å²) in [6, 6.07) is 28.4. The molecule has 4 aromatic rings. The zero-order valence-electron chi connectivity index (χ0n) is 20.1. The van der Waals surface area contributed by atoms with Gasteiger partial charge in [-0.15, -0.1) is 0 Å². The van der Waals surface area contributed by atoms with Crippen LogP contribution in [0.4, 0.5) is 0 Å². The largest absolute Gasteiger partial charge is 0.497 e.